The number of furan rings is 1. The van der Waals surface area contributed by atoms with Crippen LogP contribution < -0.4 is 0 Å². The van der Waals surface area contributed by atoms with E-state index in [1.54, 1.807) is 6.26 Å². The largest absolute Gasteiger partial charge is 0.468 e. The van der Waals surface area contributed by atoms with Crippen molar-refractivity contribution in [2.45, 2.75) is 18.1 Å². The highest BCUT2D eigenvalue weighted by molar-refractivity contribution is 7.99. The van der Waals surface area contributed by atoms with Gasteiger partial charge in [0, 0.05) is 43.0 Å². The van der Waals surface area contributed by atoms with Crippen LogP contribution in [-0.4, -0.2) is 34.2 Å². The second-order valence-electron chi connectivity index (χ2n) is 6.50. The second-order valence-corrected chi connectivity index (χ2v) is 7.81. The molecule has 5 heteroatoms. The normalized spacial score (nSPS) is 18.4. The van der Waals surface area contributed by atoms with Gasteiger partial charge in [-0.3, -0.25) is 4.79 Å². The van der Waals surface area contributed by atoms with Crippen LogP contribution in [0.5, 0.6) is 0 Å². The molecule has 1 atom stereocenters. The summed E-state index contributed by atoms with van der Waals surface area (Å²) in [6, 6.07) is 12.2. The first kappa shape index (κ1) is 16.3. The van der Waals surface area contributed by atoms with Crippen LogP contribution in [-0.2, 0) is 18.3 Å². The van der Waals surface area contributed by atoms with Crippen molar-refractivity contribution in [2.75, 3.05) is 18.8 Å². The van der Waals surface area contributed by atoms with Gasteiger partial charge in [0.25, 0.3) is 0 Å². The van der Waals surface area contributed by atoms with E-state index in [1.807, 2.05) is 48.0 Å². The molecular formula is C20H22N2O2S. The van der Waals surface area contributed by atoms with Crippen molar-refractivity contribution in [3.05, 3.63) is 60.2 Å². The number of carbonyl (C=O) groups excluding carboxylic acids is 1. The number of benzene rings is 1. The van der Waals surface area contributed by atoms with Crippen LogP contribution in [0.4, 0.5) is 0 Å². The number of nitrogens with zero attached hydrogens (tertiary/aromatic N) is 2. The maximum absolute atomic E-state index is 12.9. The fourth-order valence-corrected chi connectivity index (χ4v) is 4.74. The molecule has 0 spiro atoms. The van der Waals surface area contributed by atoms with E-state index in [0.717, 1.165) is 36.6 Å². The number of aryl methyl sites for hydroxylation is 1. The molecule has 1 saturated heterocycles. The molecule has 4 nitrogen and oxygen atoms in total. The molecule has 1 aliphatic rings. The summed E-state index contributed by atoms with van der Waals surface area (Å²) in [7, 11) is 2.03. The number of thioether (sulfide) groups is 1. The summed E-state index contributed by atoms with van der Waals surface area (Å²) in [5.41, 5.74) is 2.29. The van der Waals surface area contributed by atoms with Gasteiger partial charge in [-0.15, -0.1) is 11.8 Å². The highest BCUT2D eigenvalue weighted by atomic mass is 32.2. The lowest BCUT2D eigenvalue weighted by atomic mass is 10.1. The second kappa shape index (κ2) is 7.00. The number of fused-ring (bicyclic) bond motifs is 1. The molecule has 4 rings (SSSR count). The summed E-state index contributed by atoms with van der Waals surface area (Å²) in [5, 5.41) is 1.53. The molecule has 0 bridgehead atoms. The number of para-hydroxylation sites is 1. The molecule has 0 radical (unpaired) electrons. The third-order valence-electron chi connectivity index (χ3n) is 4.88. The summed E-state index contributed by atoms with van der Waals surface area (Å²) in [4.78, 5) is 14.9. The molecule has 130 valence electrons. The number of aromatic nitrogens is 1. The Morgan fingerprint density at radius 1 is 1.24 bits per heavy atom. The number of hydrogen-bond acceptors (Lipinski definition) is 3. The molecule has 1 amide bonds. The van der Waals surface area contributed by atoms with Crippen LogP contribution in [0.1, 0.15) is 23.0 Å². The van der Waals surface area contributed by atoms with E-state index < -0.39 is 0 Å². The van der Waals surface area contributed by atoms with Gasteiger partial charge in [-0.25, -0.2) is 0 Å². The van der Waals surface area contributed by atoms with Crippen LogP contribution >= 0.6 is 11.8 Å². The molecule has 0 saturated carbocycles. The highest BCUT2D eigenvalue weighted by Crippen LogP contribution is 2.34. The number of hydrogen-bond donors (Lipinski definition) is 0. The van der Waals surface area contributed by atoms with Crippen LogP contribution in [0.25, 0.3) is 10.9 Å². The molecule has 1 aromatic carbocycles. The maximum atomic E-state index is 12.9. The summed E-state index contributed by atoms with van der Waals surface area (Å²) in [5.74, 6) is 2.19. The first-order valence-corrected chi connectivity index (χ1v) is 9.73. The van der Waals surface area contributed by atoms with E-state index in [-0.39, 0.29) is 5.91 Å². The van der Waals surface area contributed by atoms with Crippen LogP contribution in [0, 0.1) is 0 Å². The molecule has 0 N–H and O–H groups in total. The summed E-state index contributed by atoms with van der Waals surface area (Å²) >= 11 is 1.88. The van der Waals surface area contributed by atoms with Gasteiger partial charge in [0.2, 0.25) is 5.91 Å². The van der Waals surface area contributed by atoms with E-state index >= 15 is 0 Å². The zero-order valence-corrected chi connectivity index (χ0v) is 15.2. The van der Waals surface area contributed by atoms with E-state index in [1.165, 1.54) is 10.9 Å². The van der Waals surface area contributed by atoms with E-state index in [4.69, 9.17) is 4.42 Å². The molecule has 1 aliphatic heterocycles. The fraction of sp³-hybridized carbons (Fsp3) is 0.350. The van der Waals surface area contributed by atoms with Gasteiger partial charge in [0.05, 0.1) is 17.9 Å². The first-order chi connectivity index (χ1) is 12.2. The minimum atomic E-state index is 0.219. The number of rotatable bonds is 3. The minimum Gasteiger partial charge on any atom is -0.468 e. The number of carbonyl (C=O) groups is 1. The van der Waals surface area contributed by atoms with Crippen molar-refractivity contribution in [1.29, 1.82) is 0 Å². The molecule has 2 aromatic heterocycles. The van der Waals surface area contributed by atoms with E-state index in [9.17, 15) is 4.79 Å². The molecule has 0 aliphatic carbocycles. The standard InChI is InChI=1S/C20H22N2O2S/c1-21-14-15(16-5-2-3-6-17(16)21)13-20(23)22-9-8-19(25-12-10-22)18-7-4-11-24-18/h2-7,11,14,19H,8-10,12-13H2,1H3. The van der Waals surface area contributed by atoms with Gasteiger partial charge >= 0.3 is 0 Å². The van der Waals surface area contributed by atoms with E-state index in [2.05, 4.69) is 22.9 Å². The van der Waals surface area contributed by atoms with Crippen molar-refractivity contribution in [3.8, 4) is 0 Å². The molecule has 1 fully saturated rings. The van der Waals surface area contributed by atoms with Crippen molar-refractivity contribution in [2.24, 2.45) is 7.05 Å². The molecule has 25 heavy (non-hydrogen) atoms. The van der Waals surface area contributed by atoms with Crippen LogP contribution in [0.2, 0.25) is 0 Å². The van der Waals surface area contributed by atoms with Crippen LogP contribution in [0.3, 0.4) is 0 Å². The van der Waals surface area contributed by atoms with Crippen LogP contribution in [0.15, 0.2) is 53.3 Å². The quantitative estimate of drug-likeness (QED) is 0.713. The zero-order chi connectivity index (χ0) is 17.2. The molecule has 3 heterocycles. The summed E-state index contributed by atoms with van der Waals surface area (Å²) < 4.78 is 7.64. The van der Waals surface area contributed by atoms with Gasteiger partial charge in [0.15, 0.2) is 0 Å². The topological polar surface area (TPSA) is 38.4 Å². The van der Waals surface area contributed by atoms with Crippen molar-refractivity contribution in [3.63, 3.8) is 0 Å². The Labute approximate surface area is 151 Å². The average molecular weight is 354 g/mol. The first-order valence-electron chi connectivity index (χ1n) is 8.68. The predicted molar refractivity (Wildman–Crippen MR) is 102 cm³/mol. The van der Waals surface area contributed by atoms with Crippen molar-refractivity contribution in [1.82, 2.24) is 9.47 Å². The van der Waals surface area contributed by atoms with Crippen molar-refractivity contribution < 1.29 is 9.21 Å². The average Bonchev–Trinajstić information content (AvgIpc) is 3.18. The van der Waals surface area contributed by atoms with E-state index in [0.29, 0.717) is 11.7 Å². The highest BCUT2D eigenvalue weighted by Gasteiger charge is 2.24. The lowest BCUT2D eigenvalue weighted by molar-refractivity contribution is -0.130. The Morgan fingerprint density at radius 2 is 2.12 bits per heavy atom. The predicted octanol–water partition coefficient (Wildman–Crippen LogP) is 4.02. The summed E-state index contributed by atoms with van der Waals surface area (Å²) in [6.45, 7) is 1.60. The fourth-order valence-electron chi connectivity index (χ4n) is 3.56. The Hall–Kier alpha value is -2.14. The maximum Gasteiger partial charge on any atom is 0.227 e. The van der Waals surface area contributed by atoms with Gasteiger partial charge < -0.3 is 13.9 Å². The van der Waals surface area contributed by atoms with Gasteiger partial charge in [-0.2, -0.15) is 0 Å². The van der Waals surface area contributed by atoms with Crippen molar-refractivity contribution >= 4 is 28.6 Å². The zero-order valence-electron chi connectivity index (χ0n) is 14.4. The third kappa shape index (κ3) is 3.33. The lowest BCUT2D eigenvalue weighted by Gasteiger charge is -2.20. The Bertz CT molecular complexity index is 869. The molecule has 3 aromatic rings. The Balaban J connectivity index is 1.46. The molecule has 1 unspecified atom stereocenters. The third-order valence-corrected chi connectivity index (χ3v) is 6.16. The van der Waals surface area contributed by atoms with Gasteiger partial charge in [-0.1, -0.05) is 18.2 Å². The number of amides is 1. The summed E-state index contributed by atoms with van der Waals surface area (Å²) in [6.07, 6.45) is 5.22. The smallest absolute Gasteiger partial charge is 0.227 e. The molecular weight excluding hydrogens is 332 g/mol. The van der Waals surface area contributed by atoms with Gasteiger partial charge in [-0.05, 0) is 30.2 Å². The Kier molecular flexibility index (Phi) is 4.57. The lowest BCUT2D eigenvalue weighted by Crippen LogP contribution is -2.34. The monoisotopic (exact) mass is 354 g/mol. The minimum absolute atomic E-state index is 0.219. The SMILES string of the molecule is Cn1cc(CC(=O)N2CCSC(c3ccco3)CC2)c2ccccc21. The Morgan fingerprint density at radius 3 is 2.96 bits per heavy atom. The van der Waals surface area contributed by atoms with Gasteiger partial charge in [0.1, 0.15) is 5.76 Å².